The van der Waals surface area contributed by atoms with Crippen LogP contribution in [-0.2, 0) is 11.3 Å². The molecule has 0 spiro atoms. The van der Waals surface area contributed by atoms with Crippen molar-refractivity contribution in [2.24, 2.45) is 0 Å². The second-order valence-corrected chi connectivity index (χ2v) is 3.95. The zero-order valence-electron chi connectivity index (χ0n) is 10.7. The molecule has 1 heterocycles. The van der Waals surface area contributed by atoms with E-state index in [0.29, 0.717) is 17.2 Å². The Hall–Kier alpha value is -2.69. The number of rotatable bonds is 5. The van der Waals surface area contributed by atoms with Gasteiger partial charge in [-0.25, -0.2) is 9.37 Å². The van der Waals surface area contributed by atoms with Gasteiger partial charge in [-0.05, 0) is 24.3 Å². The van der Waals surface area contributed by atoms with E-state index in [-0.39, 0.29) is 18.3 Å². The number of benzene rings is 1. The van der Waals surface area contributed by atoms with E-state index in [1.807, 2.05) is 0 Å². The van der Waals surface area contributed by atoms with Gasteiger partial charge < -0.3 is 10.1 Å². The van der Waals surface area contributed by atoms with Crippen LogP contribution in [-0.4, -0.2) is 10.9 Å². The first kappa shape index (κ1) is 13.7. The van der Waals surface area contributed by atoms with Crippen LogP contribution in [0.2, 0.25) is 0 Å². The summed E-state index contributed by atoms with van der Waals surface area (Å²) in [4.78, 5) is 15.2. The highest BCUT2D eigenvalue weighted by molar-refractivity contribution is 5.86. The molecule has 0 atom stereocenters. The van der Waals surface area contributed by atoms with Crippen molar-refractivity contribution in [2.75, 3.05) is 0 Å². The molecule has 0 aliphatic rings. The van der Waals surface area contributed by atoms with Gasteiger partial charge in [-0.15, -0.1) is 0 Å². The Morgan fingerprint density at radius 3 is 3.00 bits per heavy atom. The van der Waals surface area contributed by atoms with Crippen molar-refractivity contribution >= 4 is 5.91 Å². The average molecular weight is 272 g/mol. The van der Waals surface area contributed by atoms with Gasteiger partial charge in [-0.1, -0.05) is 18.7 Å². The smallest absolute Gasteiger partial charge is 0.243 e. The second kappa shape index (κ2) is 6.47. The fraction of sp³-hybridized carbons (Fsp3) is 0.0667. The number of ether oxygens (including phenoxy) is 1. The molecule has 5 heteroatoms. The van der Waals surface area contributed by atoms with Crippen LogP contribution in [0.15, 0.2) is 55.3 Å². The standard InChI is InChI=1S/C15H13FN2O2/c1-2-14(19)18-10-11-5-4-8-17-15(11)20-13-7-3-6-12(16)9-13/h2-9H,1,10H2,(H,18,19). The maximum atomic E-state index is 13.1. The van der Waals surface area contributed by atoms with Crippen LogP contribution in [0.5, 0.6) is 11.6 Å². The van der Waals surface area contributed by atoms with E-state index in [1.165, 1.54) is 18.2 Å². The van der Waals surface area contributed by atoms with Crippen molar-refractivity contribution in [3.8, 4) is 11.6 Å². The lowest BCUT2D eigenvalue weighted by molar-refractivity contribution is -0.116. The lowest BCUT2D eigenvalue weighted by Gasteiger charge is -2.10. The molecule has 20 heavy (non-hydrogen) atoms. The van der Waals surface area contributed by atoms with Gasteiger partial charge >= 0.3 is 0 Å². The number of halogens is 1. The summed E-state index contributed by atoms with van der Waals surface area (Å²) in [6.45, 7) is 3.63. The van der Waals surface area contributed by atoms with Crippen molar-refractivity contribution in [1.82, 2.24) is 10.3 Å². The molecule has 102 valence electrons. The van der Waals surface area contributed by atoms with Crippen LogP contribution in [0.1, 0.15) is 5.56 Å². The summed E-state index contributed by atoms with van der Waals surface area (Å²) in [5, 5.41) is 2.64. The molecule has 0 bridgehead atoms. The highest BCUT2D eigenvalue weighted by Crippen LogP contribution is 2.23. The molecule has 0 aliphatic carbocycles. The number of nitrogens with one attached hydrogen (secondary N) is 1. The number of hydrogen-bond acceptors (Lipinski definition) is 3. The van der Waals surface area contributed by atoms with Crippen molar-refractivity contribution < 1.29 is 13.9 Å². The van der Waals surface area contributed by atoms with Gasteiger partial charge in [0.2, 0.25) is 11.8 Å². The molecule has 2 aromatic rings. The molecule has 0 radical (unpaired) electrons. The molecule has 0 saturated carbocycles. The summed E-state index contributed by atoms with van der Waals surface area (Å²) in [5.74, 6) is -0.00652. The molecule has 0 unspecified atom stereocenters. The minimum absolute atomic E-state index is 0.253. The number of carbonyl (C=O) groups is 1. The number of amides is 1. The molecule has 1 N–H and O–H groups in total. The maximum absolute atomic E-state index is 13.1. The van der Waals surface area contributed by atoms with Gasteiger partial charge in [0.1, 0.15) is 11.6 Å². The molecule has 0 aliphatic heterocycles. The van der Waals surface area contributed by atoms with E-state index < -0.39 is 0 Å². The van der Waals surface area contributed by atoms with E-state index in [1.54, 1.807) is 30.5 Å². The van der Waals surface area contributed by atoms with Crippen LogP contribution in [0.3, 0.4) is 0 Å². The van der Waals surface area contributed by atoms with Crippen LogP contribution in [0.4, 0.5) is 4.39 Å². The predicted molar refractivity (Wildman–Crippen MR) is 72.8 cm³/mol. The van der Waals surface area contributed by atoms with Crippen molar-refractivity contribution in [3.05, 3.63) is 66.6 Å². The van der Waals surface area contributed by atoms with Gasteiger partial charge in [0.25, 0.3) is 0 Å². The number of nitrogens with zero attached hydrogens (tertiary/aromatic N) is 1. The van der Waals surface area contributed by atoms with Crippen molar-refractivity contribution in [1.29, 1.82) is 0 Å². The number of carbonyl (C=O) groups excluding carboxylic acids is 1. The Labute approximate surface area is 115 Å². The fourth-order valence-electron chi connectivity index (χ4n) is 1.55. The predicted octanol–water partition coefficient (Wildman–Crippen LogP) is 2.82. The summed E-state index contributed by atoms with van der Waals surface area (Å²) in [7, 11) is 0. The molecule has 2 rings (SSSR count). The summed E-state index contributed by atoms with van der Waals surface area (Å²) < 4.78 is 18.6. The lowest BCUT2D eigenvalue weighted by Crippen LogP contribution is -2.20. The van der Waals surface area contributed by atoms with E-state index >= 15 is 0 Å². The van der Waals surface area contributed by atoms with Gasteiger partial charge in [0.15, 0.2) is 0 Å². The first-order valence-corrected chi connectivity index (χ1v) is 5.96. The highest BCUT2D eigenvalue weighted by Gasteiger charge is 2.07. The van der Waals surface area contributed by atoms with Crippen molar-refractivity contribution in [2.45, 2.75) is 6.54 Å². The molecule has 4 nitrogen and oxygen atoms in total. The van der Waals surface area contributed by atoms with Crippen LogP contribution in [0, 0.1) is 5.82 Å². The first-order chi connectivity index (χ1) is 9.69. The molecule has 0 saturated heterocycles. The number of hydrogen-bond donors (Lipinski definition) is 1. The van der Waals surface area contributed by atoms with Crippen LogP contribution >= 0.6 is 0 Å². The van der Waals surface area contributed by atoms with Crippen LogP contribution in [0.25, 0.3) is 0 Å². The second-order valence-electron chi connectivity index (χ2n) is 3.95. The van der Waals surface area contributed by atoms with E-state index in [4.69, 9.17) is 4.74 Å². The lowest BCUT2D eigenvalue weighted by atomic mass is 10.2. The molecule has 1 amide bonds. The quantitative estimate of drug-likeness (QED) is 0.851. The summed E-state index contributed by atoms with van der Waals surface area (Å²) >= 11 is 0. The number of aromatic nitrogens is 1. The van der Waals surface area contributed by atoms with Gasteiger partial charge in [-0.2, -0.15) is 0 Å². The van der Waals surface area contributed by atoms with Crippen molar-refractivity contribution in [3.63, 3.8) is 0 Å². The van der Waals surface area contributed by atoms with E-state index in [0.717, 1.165) is 0 Å². The Morgan fingerprint density at radius 1 is 1.40 bits per heavy atom. The Morgan fingerprint density at radius 2 is 2.25 bits per heavy atom. The summed E-state index contributed by atoms with van der Waals surface area (Å²) in [6, 6.07) is 9.27. The zero-order valence-corrected chi connectivity index (χ0v) is 10.7. The Balaban J connectivity index is 2.15. The SMILES string of the molecule is C=CC(=O)NCc1cccnc1Oc1cccc(F)c1. The molecule has 1 aromatic heterocycles. The van der Waals surface area contributed by atoms with E-state index in [9.17, 15) is 9.18 Å². The minimum Gasteiger partial charge on any atom is -0.439 e. The van der Waals surface area contributed by atoms with E-state index in [2.05, 4.69) is 16.9 Å². The molecular weight excluding hydrogens is 259 g/mol. The largest absolute Gasteiger partial charge is 0.439 e. The third kappa shape index (κ3) is 3.65. The summed E-state index contributed by atoms with van der Waals surface area (Å²) in [6.07, 6.45) is 2.75. The highest BCUT2D eigenvalue weighted by atomic mass is 19.1. The Kier molecular flexibility index (Phi) is 4.44. The monoisotopic (exact) mass is 272 g/mol. The zero-order chi connectivity index (χ0) is 14.4. The Bertz CT molecular complexity index is 629. The van der Waals surface area contributed by atoms with Gasteiger partial charge in [-0.3, -0.25) is 4.79 Å². The third-order valence-electron chi connectivity index (χ3n) is 2.50. The topological polar surface area (TPSA) is 51.2 Å². The first-order valence-electron chi connectivity index (χ1n) is 5.96. The minimum atomic E-state index is -0.389. The number of pyridine rings is 1. The average Bonchev–Trinajstić information content (AvgIpc) is 2.46. The summed E-state index contributed by atoms with van der Waals surface area (Å²) in [5.41, 5.74) is 0.687. The van der Waals surface area contributed by atoms with Gasteiger partial charge in [0, 0.05) is 24.4 Å². The fourth-order valence-corrected chi connectivity index (χ4v) is 1.55. The normalized spacial score (nSPS) is 9.85. The maximum Gasteiger partial charge on any atom is 0.243 e. The van der Waals surface area contributed by atoms with Gasteiger partial charge in [0.05, 0.1) is 0 Å². The molecular formula is C15H13FN2O2. The van der Waals surface area contributed by atoms with Crippen LogP contribution < -0.4 is 10.1 Å². The molecule has 0 fully saturated rings. The third-order valence-corrected chi connectivity index (χ3v) is 2.50. The molecule has 1 aromatic carbocycles.